The Kier molecular flexibility index (Phi) is 5.87. The van der Waals surface area contributed by atoms with Crippen molar-refractivity contribution in [3.63, 3.8) is 0 Å². The van der Waals surface area contributed by atoms with Crippen molar-refractivity contribution in [2.45, 2.75) is 33.4 Å². The first-order valence-corrected chi connectivity index (χ1v) is 9.10. The van der Waals surface area contributed by atoms with Crippen LogP contribution in [0.2, 0.25) is 0 Å². The fourth-order valence-electron chi connectivity index (χ4n) is 2.70. The van der Waals surface area contributed by atoms with E-state index in [4.69, 9.17) is 4.74 Å². The number of carbonyl (C=O) groups is 3. The van der Waals surface area contributed by atoms with Crippen molar-refractivity contribution in [1.29, 1.82) is 0 Å². The Morgan fingerprint density at radius 1 is 1.07 bits per heavy atom. The van der Waals surface area contributed by atoms with Crippen molar-refractivity contribution in [2.75, 3.05) is 10.6 Å². The third-order valence-corrected chi connectivity index (χ3v) is 4.18. The van der Waals surface area contributed by atoms with Gasteiger partial charge in [-0.15, -0.1) is 5.10 Å². The van der Waals surface area contributed by atoms with Gasteiger partial charge in [0.2, 0.25) is 5.91 Å². The number of ether oxygens (including phenoxy) is 1. The van der Waals surface area contributed by atoms with E-state index in [1.807, 2.05) is 6.92 Å². The highest BCUT2D eigenvalue weighted by Gasteiger charge is 2.20. The molecule has 3 aromatic rings. The minimum atomic E-state index is -1.00. The lowest BCUT2D eigenvalue weighted by Gasteiger charge is -2.14. The molecular formula is C20H21N5O4. The number of aromatic nitrogens is 3. The van der Waals surface area contributed by atoms with Crippen molar-refractivity contribution in [1.82, 2.24) is 15.0 Å². The fourth-order valence-corrected chi connectivity index (χ4v) is 2.70. The van der Waals surface area contributed by atoms with Crippen molar-refractivity contribution in [3.8, 4) is 0 Å². The molecule has 1 unspecified atom stereocenters. The van der Waals surface area contributed by atoms with Crippen molar-refractivity contribution < 1.29 is 19.1 Å². The number of benzene rings is 2. The third-order valence-electron chi connectivity index (χ3n) is 4.18. The molecule has 0 radical (unpaired) electrons. The zero-order valence-electron chi connectivity index (χ0n) is 16.3. The maximum Gasteiger partial charge on any atom is 0.338 e. The van der Waals surface area contributed by atoms with Crippen LogP contribution in [-0.2, 0) is 20.9 Å². The summed E-state index contributed by atoms with van der Waals surface area (Å²) in [6.45, 7) is 5.52. The summed E-state index contributed by atoms with van der Waals surface area (Å²) in [6.07, 6.45) is -1.00. The van der Waals surface area contributed by atoms with E-state index >= 15 is 0 Å². The maximum absolute atomic E-state index is 12.4. The van der Waals surface area contributed by atoms with Gasteiger partial charge in [-0.2, -0.15) is 0 Å². The second-order valence-corrected chi connectivity index (χ2v) is 6.40. The lowest BCUT2D eigenvalue weighted by atomic mass is 10.2. The predicted octanol–water partition coefficient (Wildman–Crippen LogP) is 2.59. The largest absolute Gasteiger partial charge is 0.449 e. The molecular weight excluding hydrogens is 374 g/mol. The minimum absolute atomic E-state index is 0.183. The standard InChI is InChI=1S/C20H21N5O4/c1-4-25-18-10-5-14(11-17(18)23-24-25)20(28)29-12(2)19(27)22-16-8-6-15(7-9-16)21-13(3)26/h5-12H,4H2,1-3H3,(H,21,26)(H,22,27). The van der Waals surface area contributed by atoms with Gasteiger partial charge in [-0.3, -0.25) is 9.59 Å². The average Bonchev–Trinajstić information content (AvgIpc) is 3.11. The second-order valence-electron chi connectivity index (χ2n) is 6.40. The smallest absolute Gasteiger partial charge is 0.338 e. The van der Waals surface area contributed by atoms with Crippen LogP contribution in [0.5, 0.6) is 0 Å². The second kappa shape index (κ2) is 8.51. The van der Waals surface area contributed by atoms with Gasteiger partial charge in [-0.25, -0.2) is 9.48 Å². The highest BCUT2D eigenvalue weighted by molar-refractivity contribution is 5.98. The van der Waals surface area contributed by atoms with Gasteiger partial charge in [0.25, 0.3) is 5.91 Å². The molecule has 1 heterocycles. The summed E-state index contributed by atoms with van der Waals surface area (Å²) in [5.41, 5.74) is 2.82. The van der Waals surface area contributed by atoms with Crippen molar-refractivity contribution in [3.05, 3.63) is 48.0 Å². The lowest BCUT2D eigenvalue weighted by molar-refractivity contribution is -0.123. The Hall–Kier alpha value is -3.75. The van der Waals surface area contributed by atoms with Crippen LogP contribution in [-0.4, -0.2) is 38.9 Å². The number of nitrogens with zero attached hydrogens (tertiary/aromatic N) is 3. The van der Waals surface area contributed by atoms with Crippen LogP contribution in [0.1, 0.15) is 31.1 Å². The molecule has 1 atom stereocenters. The van der Waals surface area contributed by atoms with E-state index in [-0.39, 0.29) is 5.91 Å². The van der Waals surface area contributed by atoms with Crippen LogP contribution >= 0.6 is 0 Å². The van der Waals surface area contributed by atoms with Crippen LogP contribution in [0.15, 0.2) is 42.5 Å². The van der Waals surface area contributed by atoms with Crippen LogP contribution in [0.3, 0.4) is 0 Å². The Balaban J connectivity index is 1.61. The molecule has 0 saturated carbocycles. The Morgan fingerprint density at radius 2 is 1.72 bits per heavy atom. The monoisotopic (exact) mass is 395 g/mol. The van der Waals surface area contributed by atoms with Gasteiger partial charge in [0, 0.05) is 24.8 Å². The summed E-state index contributed by atoms with van der Waals surface area (Å²) in [7, 11) is 0. The zero-order valence-corrected chi connectivity index (χ0v) is 16.3. The molecule has 0 aliphatic carbocycles. The molecule has 2 amide bonds. The lowest BCUT2D eigenvalue weighted by Crippen LogP contribution is -2.30. The molecule has 0 spiro atoms. The van der Waals surface area contributed by atoms with Gasteiger partial charge in [-0.1, -0.05) is 5.21 Å². The fraction of sp³-hybridized carbons (Fsp3) is 0.250. The van der Waals surface area contributed by atoms with Gasteiger partial charge >= 0.3 is 5.97 Å². The number of esters is 1. The van der Waals surface area contributed by atoms with Gasteiger partial charge in [0.1, 0.15) is 5.52 Å². The summed E-state index contributed by atoms with van der Waals surface area (Å²) < 4.78 is 6.99. The Labute approximate surface area is 167 Å². The first kappa shape index (κ1) is 20.0. The van der Waals surface area contributed by atoms with Crippen LogP contribution < -0.4 is 10.6 Å². The summed E-state index contributed by atoms with van der Waals surface area (Å²) in [4.78, 5) is 35.7. The maximum atomic E-state index is 12.4. The number of aryl methyl sites for hydroxylation is 1. The molecule has 2 N–H and O–H groups in total. The molecule has 0 aliphatic rings. The quantitative estimate of drug-likeness (QED) is 0.620. The molecule has 9 heteroatoms. The molecule has 150 valence electrons. The molecule has 0 fully saturated rings. The number of fused-ring (bicyclic) bond motifs is 1. The van der Waals surface area contributed by atoms with Crippen LogP contribution in [0.25, 0.3) is 11.0 Å². The average molecular weight is 395 g/mol. The Bertz CT molecular complexity index is 1060. The van der Waals surface area contributed by atoms with Crippen LogP contribution in [0, 0.1) is 0 Å². The van der Waals surface area contributed by atoms with Crippen LogP contribution in [0.4, 0.5) is 11.4 Å². The van der Waals surface area contributed by atoms with Crippen molar-refractivity contribution >= 4 is 40.2 Å². The number of nitrogens with one attached hydrogen (secondary N) is 2. The molecule has 0 bridgehead atoms. The summed E-state index contributed by atoms with van der Waals surface area (Å²) in [5.74, 6) is -1.28. The van der Waals surface area contributed by atoms with Gasteiger partial charge < -0.3 is 15.4 Å². The molecule has 29 heavy (non-hydrogen) atoms. The van der Waals surface area contributed by atoms with Gasteiger partial charge in [-0.05, 0) is 56.3 Å². The summed E-state index contributed by atoms with van der Waals surface area (Å²) in [5, 5.41) is 13.3. The van der Waals surface area contributed by atoms with Gasteiger partial charge in [0.15, 0.2) is 6.10 Å². The number of hydrogen-bond acceptors (Lipinski definition) is 6. The first-order chi connectivity index (χ1) is 13.9. The number of rotatable bonds is 6. The topological polar surface area (TPSA) is 115 Å². The van der Waals surface area contributed by atoms with E-state index in [0.29, 0.717) is 29.0 Å². The molecule has 1 aromatic heterocycles. The normalized spacial score (nSPS) is 11.7. The van der Waals surface area contributed by atoms with E-state index in [2.05, 4.69) is 20.9 Å². The van der Waals surface area contributed by atoms with Crippen molar-refractivity contribution in [2.24, 2.45) is 0 Å². The molecule has 2 aromatic carbocycles. The Morgan fingerprint density at radius 3 is 2.34 bits per heavy atom. The van der Waals surface area contributed by atoms with E-state index in [1.165, 1.54) is 13.8 Å². The minimum Gasteiger partial charge on any atom is -0.449 e. The van der Waals surface area contributed by atoms with E-state index < -0.39 is 18.0 Å². The highest BCUT2D eigenvalue weighted by Crippen LogP contribution is 2.16. The summed E-state index contributed by atoms with van der Waals surface area (Å²) in [6, 6.07) is 11.6. The van der Waals surface area contributed by atoms with E-state index in [9.17, 15) is 14.4 Å². The number of anilines is 2. The first-order valence-electron chi connectivity index (χ1n) is 9.10. The number of amides is 2. The predicted molar refractivity (Wildman–Crippen MR) is 107 cm³/mol. The zero-order chi connectivity index (χ0) is 21.0. The SMILES string of the molecule is CCn1nnc2cc(C(=O)OC(C)C(=O)Nc3ccc(NC(C)=O)cc3)ccc21. The number of carbonyl (C=O) groups excluding carboxylic acids is 3. The highest BCUT2D eigenvalue weighted by atomic mass is 16.5. The third kappa shape index (κ3) is 4.75. The summed E-state index contributed by atoms with van der Waals surface area (Å²) >= 11 is 0. The van der Waals surface area contributed by atoms with E-state index in [1.54, 1.807) is 47.1 Å². The van der Waals surface area contributed by atoms with E-state index in [0.717, 1.165) is 5.52 Å². The van der Waals surface area contributed by atoms with Gasteiger partial charge in [0.05, 0.1) is 11.1 Å². The molecule has 9 nitrogen and oxygen atoms in total. The number of hydrogen-bond donors (Lipinski definition) is 2. The molecule has 0 saturated heterocycles. The molecule has 0 aliphatic heterocycles. The molecule has 3 rings (SSSR count).